The molecule has 0 radical (unpaired) electrons. The second-order valence-corrected chi connectivity index (χ2v) is 13.0. The van der Waals surface area contributed by atoms with Crippen LogP contribution in [0.1, 0.15) is 49.9 Å². The summed E-state index contributed by atoms with van der Waals surface area (Å²) in [4.78, 5) is 0. The van der Waals surface area contributed by atoms with Crippen LogP contribution in [0.5, 0.6) is 0 Å². The summed E-state index contributed by atoms with van der Waals surface area (Å²) in [7, 11) is 0. The molecule has 41 heavy (non-hydrogen) atoms. The zero-order chi connectivity index (χ0) is 27.7. The number of hydrogen-bond acceptors (Lipinski definition) is 0. The third-order valence-corrected chi connectivity index (χ3v) is 10.2. The first kappa shape index (κ1) is 23.1. The molecule has 0 spiro atoms. The summed E-state index contributed by atoms with van der Waals surface area (Å²) in [5, 5.41) is 5.30. The van der Waals surface area contributed by atoms with Crippen molar-refractivity contribution in [1.82, 2.24) is 4.57 Å². The van der Waals surface area contributed by atoms with E-state index in [-0.39, 0.29) is 10.8 Å². The third-order valence-electron chi connectivity index (χ3n) is 10.2. The lowest BCUT2D eigenvalue weighted by Crippen LogP contribution is -2.33. The average molecular weight is 526 g/mol. The third kappa shape index (κ3) is 2.81. The highest BCUT2D eigenvalue weighted by Crippen LogP contribution is 2.55. The van der Waals surface area contributed by atoms with Crippen molar-refractivity contribution in [3.63, 3.8) is 0 Å². The Balaban J connectivity index is 1.31. The monoisotopic (exact) mass is 525 g/mol. The predicted octanol–water partition coefficient (Wildman–Crippen LogP) is 10.5. The zero-order valence-electron chi connectivity index (χ0n) is 23.9. The summed E-state index contributed by atoms with van der Waals surface area (Å²) >= 11 is 0. The number of fused-ring (bicyclic) bond motifs is 2. The second-order valence-electron chi connectivity index (χ2n) is 13.0. The predicted molar refractivity (Wildman–Crippen MR) is 173 cm³/mol. The molecule has 0 aliphatic carbocycles. The molecule has 0 bridgehead atoms. The van der Waals surface area contributed by atoms with E-state index >= 15 is 0 Å². The molecule has 7 aromatic rings. The van der Waals surface area contributed by atoms with Gasteiger partial charge in [-0.15, -0.1) is 0 Å². The maximum absolute atomic E-state index is 2.60. The number of hydrogen-bond donors (Lipinski definition) is 0. The maximum atomic E-state index is 2.60. The van der Waals surface area contributed by atoms with E-state index in [1.165, 1.54) is 82.8 Å². The fourth-order valence-electron chi connectivity index (χ4n) is 7.97. The van der Waals surface area contributed by atoms with Crippen LogP contribution in [-0.4, -0.2) is 4.57 Å². The molecule has 0 saturated heterocycles. The van der Waals surface area contributed by atoms with E-state index in [1.54, 1.807) is 0 Å². The molecule has 1 aromatic heterocycles. The molecule has 0 saturated carbocycles. The van der Waals surface area contributed by atoms with Crippen LogP contribution in [0.15, 0.2) is 115 Å². The summed E-state index contributed by atoms with van der Waals surface area (Å²) in [6.07, 6.45) is 0. The smallest absolute Gasteiger partial charge is 0.0582 e. The largest absolute Gasteiger partial charge is 0.308 e. The highest BCUT2D eigenvalue weighted by atomic mass is 15.0. The van der Waals surface area contributed by atoms with Crippen LogP contribution in [0, 0.1) is 0 Å². The van der Waals surface area contributed by atoms with Crippen LogP contribution in [0.25, 0.3) is 60.5 Å². The van der Waals surface area contributed by atoms with Gasteiger partial charge in [0.25, 0.3) is 0 Å². The van der Waals surface area contributed by atoms with Gasteiger partial charge in [0.05, 0.1) is 16.7 Å². The molecule has 0 fully saturated rings. The number of benzene rings is 6. The Labute approximate surface area is 240 Å². The van der Waals surface area contributed by atoms with E-state index in [0.717, 1.165) is 0 Å². The van der Waals surface area contributed by atoms with Crippen LogP contribution in [0.3, 0.4) is 0 Å². The molecule has 0 atom stereocenters. The van der Waals surface area contributed by atoms with Crippen molar-refractivity contribution in [2.45, 2.75) is 38.5 Å². The standard InChI is InChI=1S/C40H31N/c1-39(2)32-15-8-14-30-31-22-27(24-18-20-26(21-19-24)29-13-7-11-25-10-5-6-12-28(25)29)23-35-37(31)41(36(30)32)38-33(39)16-9-17-34(38)40(35,3)4/h5-23H,1-4H3. The van der Waals surface area contributed by atoms with Crippen molar-refractivity contribution >= 4 is 32.6 Å². The van der Waals surface area contributed by atoms with Gasteiger partial charge in [-0.25, -0.2) is 0 Å². The molecule has 0 amide bonds. The van der Waals surface area contributed by atoms with E-state index in [9.17, 15) is 0 Å². The van der Waals surface area contributed by atoms with E-state index in [2.05, 4.69) is 148 Å². The SMILES string of the molecule is CC1(C)c2cccc3c2-n2c4c1cccc4c1cc(-c4ccc(-c5cccc6ccccc56)cc4)cc(c12)C3(C)C. The second kappa shape index (κ2) is 7.56. The van der Waals surface area contributed by atoms with Gasteiger partial charge >= 0.3 is 0 Å². The molecule has 196 valence electrons. The van der Waals surface area contributed by atoms with Crippen molar-refractivity contribution in [1.29, 1.82) is 0 Å². The van der Waals surface area contributed by atoms with Crippen molar-refractivity contribution in [3.05, 3.63) is 138 Å². The molecule has 3 heterocycles. The fraction of sp³-hybridized carbons (Fsp3) is 0.150. The molecule has 1 heteroatoms. The lowest BCUT2D eigenvalue weighted by Gasteiger charge is -2.42. The summed E-state index contributed by atoms with van der Waals surface area (Å²) in [6.45, 7) is 9.61. The quantitative estimate of drug-likeness (QED) is 0.212. The molecule has 0 N–H and O–H groups in total. The van der Waals surface area contributed by atoms with Gasteiger partial charge in [-0.05, 0) is 67.4 Å². The van der Waals surface area contributed by atoms with Crippen molar-refractivity contribution in [2.75, 3.05) is 0 Å². The molecule has 9 rings (SSSR count). The lowest BCUT2D eigenvalue weighted by molar-refractivity contribution is 0.594. The Kier molecular flexibility index (Phi) is 4.26. The molecule has 0 unspecified atom stereocenters. The maximum Gasteiger partial charge on any atom is 0.0582 e. The van der Waals surface area contributed by atoms with Crippen molar-refractivity contribution < 1.29 is 0 Å². The summed E-state index contributed by atoms with van der Waals surface area (Å²) in [5.41, 5.74) is 14.8. The van der Waals surface area contributed by atoms with Crippen LogP contribution in [0.4, 0.5) is 0 Å². The van der Waals surface area contributed by atoms with E-state index in [1.807, 2.05) is 0 Å². The van der Waals surface area contributed by atoms with E-state index < -0.39 is 0 Å². The van der Waals surface area contributed by atoms with Crippen LogP contribution in [-0.2, 0) is 10.8 Å². The van der Waals surface area contributed by atoms with Crippen LogP contribution >= 0.6 is 0 Å². The lowest BCUT2D eigenvalue weighted by atomic mass is 9.68. The Morgan fingerprint density at radius 1 is 0.439 bits per heavy atom. The van der Waals surface area contributed by atoms with Crippen LogP contribution < -0.4 is 0 Å². The van der Waals surface area contributed by atoms with E-state index in [4.69, 9.17) is 0 Å². The highest BCUT2D eigenvalue weighted by Gasteiger charge is 2.43. The Morgan fingerprint density at radius 2 is 1.02 bits per heavy atom. The van der Waals surface area contributed by atoms with Gasteiger partial charge in [-0.2, -0.15) is 0 Å². The minimum atomic E-state index is -0.111. The van der Waals surface area contributed by atoms with Gasteiger partial charge in [0.1, 0.15) is 0 Å². The highest BCUT2D eigenvalue weighted by molar-refractivity contribution is 6.15. The molecule has 1 nitrogen and oxygen atoms in total. The molecule has 2 aliphatic rings. The Hall–Kier alpha value is -4.62. The normalized spacial score (nSPS) is 15.7. The first-order valence-electron chi connectivity index (χ1n) is 14.7. The number of nitrogens with zero attached hydrogens (tertiary/aromatic N) is 1. The van der Waals surface area contributed by atoms with Crippen molar-refractivity contribution in [3.8, 4) is 27.9 Å². The van der Waals surface area contributed by atoms with Crippen molar-refractivity contribution in [2.24, 2.45) is 0 Å². The topological polar surface area (TPSA) is 4.93 Å². The van der Waals surface area contributed by atoms with Gasteiger partial charge in [0.15, 0.2) is 0 Å². The Morgan fingerprint density at radius 3 is 1.83 bits per heavy atom. The van der Waals surface area contributed by atoms with Gasteiger partial charge in [-0.3, -0.25) is 0 Å². The van der Waals surface area contributed by atoms with Gasteiger partial charge in [0, 0.05) is 21.6 Å². The fourth-order valence-corrected chi connectivity index (χ4v) is 7.97. The first-order chi connectivity index (χ1) is 19.9. The molecule has 6 aromatic carbocycles. The van der Waals surface area contributed by atoms with Gasteiger partial charge in [-0.1, -0.05) is 131 Å². The molecular formula is C40H31N. The summed E-state index contributed by atoms with van der Waals surface area (Å²) in [5.74, 6) is 0. The zero-order valence-corrected chi connectivity index (χ0v) is 23.9. The van der Waals surface area contributed by atoms with E-state index in [0.29, 0.717) is 0 Å². The minimum Gasteiger partial charge on any atom is -0.308 e. The minimum absolute atomic E-state index is 0.0525. The van der Waals surface area contributed by atoms with Gasteiger partial charge < -0.3 is 4.57 Å². The summed E-state index contributed by atoms with van der Waals surface area (Å²) in [6, 6.07) is 43.2. The van der Waals surface area contributed by atoms with Gasteiger partial charge in [0.2, 0.25) is 0 Å². The Bertz CT molecular complexity index is 2230. The summed E-state index contributed by atoms with van der Waals surface area (Å²) < 4.78 is 2.60. The number of aromatic nitrogens is 1. The molecule has 2 aliphatic heterocycles. The first-order valence-corrected chi connectivity index (χ1v) is 14.7. The number of para-hydroxylation sites is 2. The number of rotatable bonds is 2. The molecular weight excluding hydrogens is 494 g/mol. The van der Waals surface area contributed by atoms with Crippen LogP contribution in [0.2, 0.25) is 0 Å². The average Bonchev–Trinajstić information content (AvgIpc) is 3.33.